The van der Waals surface area contributed by atoms with Gasteiger partial charge in [-0.25, -0.2) is 0 Å². The Morgan fingerprint density at radius 1 is 1.13 bits per heavy atom. The lowest BCUT2D eigenvalue weighted by Gasteiger charge is -2.31. The lowest BCUT2D eigenvalue weighted by atomic mass is 9.77. The van der Waals surface area contributed by atoms with Crippen LogP contribution in [0.4, 0.5) is 0 Å². The van der Waals surface area contributed by atoms with Crippen LogP contribution in [0.1, 0.15) is 58.8 Å². The van der Waals surface area contributed by atoms with Crippen LogP contribution in [0, 0.1) is 17.3 Å². The molecular formula is C14H27N. The normalized spacial score (nSPS) is 25.8. The summed E-state index contributed by atoms with van der Waals surface area (Å²) in [6.45, 7) is 7.10. The molecule has 1 heteroatoms. The van der Waals surface area contributed by atoms with E-state index in [0.717, 1.165) is 17.3 Å². The van der Waals surface area contributed by atoms with Gasteiger partial charge in [-0.3, -0.25) is 0 Å². The van der Waals surface area contributed by atoms with Crippen molar-refractivity contribution in [2.45, 2.75) is 58.8 Å². The molecule has 0 amide bonds. The van der Waals surface area contributed by atoms with Crippen molar-refractivity contribution in [3.63, 3.8) is 0 Å². The SMILES string of the molecule is CC(C)CNCC1(C2CCCCC2)CC1. The van der Waals surface area contributed by atoms with E-state index in [1.54, 1.807) is 0 Å². The Morgan fingerprint density at radius 3 is 2.33 bits per heavy atom. The van der Waals surface area contributed by atoms with Crippen LogP contribution < -0.4 is 5.32 Å². The van der Waals surface area contributed by atoms with Gasteiger partial charge in [0, 0.05) is 6.54 Å². The van der Waals surface area contributed by atoms with Crippen molar-refractivity contribution in [2.75, 3.05) is 13.1 Å². The molecule has 15 heavy (non-hydrogen) atoms. The van der Waals surface area contributed by atoms with Gasteiger partial charge in [0.25, 0.3) is 0 Å². The minimum Gasteiger partial charge on any atom is -0.316 e. The molecule has 0 radical (unpaired) electrons. The highest BCUT2D eigenvalue weighted by Crippen LogP contribution is 2.55. The first-order valence-corrected chi connectivity index (χ1v) is 6.94. The van der Waals surface area contributed by atoms with Crippen LogP contribution in [0.2, 0.25) is 0 Å². The quantitative estimate of drug-likeness (QED) is 0.729. The Kier molecular flexibility index (Phi) is 3.71. The smallest absolute Gasteiger partial charge is 0.00106 e. The molecule has 0 aromatic carbocycles. The predicted molar refractivity (Wildman–Crippen MR) is 65.9 cm³/mol. The van der Waals surface area contributed by atoms with Crippen LogP contribution in [-0.4, -0.2) is 13.1 Å². The molecule has 1 nitrogen and oxygen atoms in total. The second-order valence-corrected chi connectivity index (χ2v) is 6.22. The Labute approximate surface area is 95.0 Å². The molecule has 0 heterocycles. The molecule has 2 saturated carbocycles. The molecule has 0 bridgehead atoms. The van der Waals surface area contributed by atoms with Crippen LogP contribution in [0.25, 0.3) is 0 Å². The largest absolute Gasteiger partial charge is 0.316 e. The Morgan fingerprint density at radius 2 is 1.80 bits per heavy atom. The molecule has 2 aliphatic carbocycles. The highest BCUT2D eigenvalue weighted by molar-refractivity contribution is 5.00. The van der Waals surface area contributed by atoms with E-state index >= 15 is 0 Å². The second kappa shape index (κ2) is 4.86. The second-order valence-electron chi connectivity index (χ2n) is 6.22. The van der Waals surface area contributed by atoms with Crippen LogP contribution in [0.3, 0.4) is 0 Å². The van der Waals surface area contributed by atoms with Gasteiger partial charge in [0.05, 0.1) is 0 Å². The molecule has 0 unspecified atom stereocenters. The van der Waals surface area contributed by atoms with Crippen molar-refractivity contribution in [2.24, 2.45) is 17.3 Å². The van der Waals surface area contributed by atoms with Crippen molar-refractivity contribution in [3.05, 3.63) is 0 Å². The van der Waals surface area contributed by atoms with Crippen molar-refractivity contribution in [1.82, 2.24) is 5.32 Å². The van der Waals surface area contributed by atoms with E-state index in [9.17, 15) is 0 Å². The molecule has 1 N–H and O–H groups in total. The third-order valence-corrected chi connectivity index (χ3v) is 4.39. The topological polar surface area (TPSA) is 12.0 Å². The summed E-state index contributed by atoms with van der Waals surface area (Å²) in [5.74, 6) is 1.86. The van der Waals surface area contributed by atoms with Crippen molar-refractivity contribution < 1.29 is 0 Å². The van der Waals surface area contributed by atoms with Gasteiger partial charge >= 0.3 is 0 Å². The van der Waals surface area contributed by atoms with E-state index in [1.165, 1.54) is 58.0 Å². The average Bonchev–Trinajstić information content (AvgIpc) is 3.00. The molecule has 2 fully saturated rings. The summed E-state index contributed by atoms with van der Waals surface area (Å²) in [5, 5.41) is 3.68. The van der Waals surface area contributed by atoms with E-state index in [1.807, 2.05) is 0 Å². The van der Waals surface area contributed by atoms with Crippen LogP contribution in [0.15, 0.2) is 0 Å². The number of hydrogen-bond donors (Lipinski definition) is 1. The molecular weight excluding hydrogens is 182 g/mol. The Bertz CT molecular complexity index is 188. The number of hydrogen-bond acceptors (Lipinski definition) is 1. The lowest BCUT2D eigenvalue weighted by molar-refractivity contribution is 0.219. The average molecular weight is 209 g/mol. The first kappa shape index (κ1) is 11.4. The van der Waals surface area contributed by atoms with Crippen LogP contribution in [-0.2, 0) is 0 Å². The zero-order chi connectivity index (χ0) is 10.7. The molecule has 2 rings (SSSR count). The molecule has 0 saturated heterocycles. The van der Waals surface area contributed by atoms with Gasteiger partial charge in [0.1, 0.15) is 0 Å². The zero-order valence-corrected chi connectivity index (χ0v) is 10.5. The zero-order valence-electron chi connectivity index (χ0n) is 10.5. The summed E-state index contributed by atoms with van der Waals surface area (Å²) in [6, 6.07) is 0. The molecule has 88 valence electrons. The molecule has 0 atom stereocenters. The summed E-state index contributed by atoms with van der Waals surface area (Å²) in [4.78, 5) is 0. The van der Waals surface area contributed by atoms with E-state index in [4.69, 9.17) is 0 Å². The summed E-state index contributed by atoms with van der Waals surface area (Å²) < 4.78 is 0. The highest BCUT2D eigenvalue weighted by atomic mass is 14.9. The first-order chi connectivity index (χ1) is 7.23. The summed E-state index contributed by atoms with van der Waals surface area (Å²) in [6.07, 6.45) is 10.5. The standard InChI is InChI=1S/C14H27N/c1-12(2)10-15-11-14(8-9-14)13-6-4-3-5-7-13/h12-13,15H,3-11H2,1-2H3. The number of nitrogens with one attached hydrogen (secondary N) is 1. The van der Waals surface area contributed by atoms with Gasteiger partial charge in [-0.05, 0) is 49.5 Å². The molecule has 0 aliphatic heterocycles. The van der Waals surface area contributed by atoms with Gasteiger partial charge in [-0.1, -0.05) is 33.1 Å². The fourth-order valence-corrected chi connectivity index (χ4v) is 3.21. The van der Waals surface area contributed by atoms with Gasteiger partial charge in [0.15, 0.2) is 0 Å². The first-order valence-electron chi connectivity index (χ1n) is 6.94. The maximum absolute atomic E-state index is 3.68. The van der Waals surface area contributed by atoms with Gasteiger partial charge in [-0.15, -0.1) is 0 Å². The molecule has 0 aromatic rings. The third kappa shape index (κ3) is 2.96. The van der Waals surface area contributed by atoms with E-state index < -0.39 is 0 Å². The maximum Gasteiger partial charge on any atom is 0.00106 e. The minimum absolute atomic E-state index is 0.745. The molecule has 0 spiro atoms. The Balaban J connectivity index is 1.74. The fourth-order valence-electron chi connectivity index (χ4n) is 3.21. The minimum atomic E-state index is 0.745. The molecule has 0 aromatic heterocycles. The van der Waals surface area contributed by atoms with Crippen LogP contribution in [0.5, 0.6) is 0 Å². The van der Waals surface area contributed by atoms with E-state index in [-0.39, 0.29) is 0 Å². The number of rotatable bonds is 5. The van der Waals surface area contributed by atoms with Gasteiger partial charge < -0.3 is 5.32 Å². The highest BCUT2D eigenvalue weighted by Gasteiger charge is 2.48. The van der Waals surface area contributed by atoms with Gasteiger partial charge in [-0.2, -0.15) is 0 Å². The molecule has 2 aliphatic rings. The van der Waals surface area contributed by atoms with E-state index in [2.05, 4.69) is 19.2 Å². The maximum atomic E-state index is 3.68. The van der Waals surface area contributed by atoms with Crippen molar-refractivity contribution in [1.29, 1.82) is 0 Å². The Hall–Kier alpha value is -0.0400. The van der Waals surface area contributed by atoms with E-state index in [0.29, 0.717) is 0 Å². The van der Waals surface area contributed by atoms with Gasteiger partial charge in [0.2, 0.25) is 0 Å². The fraction of sp³-hybridized carbons (Fsp3) is 1.00. The lowest BCUT2D eigenvalue weighted by Crippen LogP contribution is -2.32. The summed E-state index contributed by atoms with van der Waals surface area (Å²) in [5.41, 5.74) is 0.745. The van der Waals surface area contributed by atoms with Crippen molar-refractivity contribution in [3.8, 4) is 0 Å². The van der Waals surface area contributed by atoms with Crippen molar-refractivity contribution >= 4 is 0 Å². The summed E-state index contributed by atoms with van der Waals surface area (Å²) in [7, 11) is 0. The monoisotopic (exact) mass is 209 g/mol. The third-order valence-electron chi connectivity index (χ3n) is 4.39. The summed E-state index contributed by atoms with van der Waals surface area (Å²) >= 11 is 0. The van der Waals surface area contributed by atoms with Crippen LogP contribution >= 0.6 is 0 Å². The predicted octanol–water partition coefficient (Wildman–Crippen LogP) is 3.59.